The van der Waals surface area contributed by atoms with Crippen LogP contribution in [0.5, 0.6) is 5.75 Å². The van der Waals surface area contributed by atoms with Crippen molar-refractivity contribution in [2.24, 2.45) is 0 Å². The molecule has 0 unspecified atom stereocenters. The van der Waals surface area contributed by atoms with Gasteiger partial charge in [-0.2, -0.15) is 13.2 Å². The number of thiophene rings is 1. The fourth-order valence-corrected chi connectivity index (χ4v) is 3.88. The molecule has 0 saturated carbocycles. The summed E-state index contributed by atoms with van der Waals surface area (Å²) >= 11 is 2.16. The number of halogens is 3. The van der Waals surface area contributed by atoms with Crippen molar-refractivity contribution in [3.63, 3.8) is 0 Å². The molecule has 2 aromatic heterocycles. The molecule has 0 aliphatic heterocycles. The smallest absolute Gasteiger partial charge is 0.433 e. The second-order valence-corrected chi connectivity index (χ2v) is 8.02. The first-order valence-corrected chi connectivity index (χ1v) is 10.7. The summed E-state index contributed by atoms with van der Waals surface area (Å²) in [6.07, 6.45) is -3.96. The van der Waals surface area contributed by atoms with Crippen molar-refractivity contribution < 1.29 is 22.7 Å². The van der Waals surface area contributed by atoms with E-state index in [-0.39, 0.29) is 22.5 Å². The van der Waals surface area contributed by atoms with E-state index >= 15 is 0 Å². The van der Waals surface area contributed by atoms with Crippen LogP contribution >= 0.6 is 23.1 Å². The fraction of sp³-hybridized carbons (Fsp3) is 0.250. The molecule has 0 atom stereocenters. The highest BCUT2D eigenvalue weighted by atomic mass is 32.2. The molecular formula is C20H18F3N3O2S2. The number of rotatable bonds is 8. The van der Waals surface area contributed by atoms with E-state index in [1.54, 1.807) is 24.6 Å². The Bertz CT molecular complexity index is 978. The lowest BCUT2D eigenvalue weighted by molar-refractivity contribution is -0.141. The summed E-state index contributed by atoms with van der Waals surface area (Å²) in [5, 5.41) is 4.42. The van der Waals surface area contributed by atoms with Crippen molar-refractivity contribution in [2.45, 2.75) is 17.8 Å². The van der Waals surface area contributed by atoms with Crippen LogP contribution in [0.15, 0.2) is 53.0 Å². The molecule has 0 aliphatic carbocycles. The number of thioether (sulfide) groups is 1. The summed E-state index contributed by atoms with van der Waals surface area (Å²) in [6, 6.07) is 11.8. The van der Waals surface area contributed by atoms with Gasteiger partial charge in [0.05, 0.1) is 23.4 Å². The SMILES string of the molecule is COc1ccc(CCNC(=O)CSc2nc(-c3cccs3)cc(C(F)(F)F)n2)cc1. The minimum atomic E-state index is -4.59. The van der Waals surface area contributed by atoms with Crippen molar-refractivity contribution in [1.82, 2.24) is 15.3 Å². The van der Waals surface area contributed by atoms with Gasteiger partial charge < -0.3 is 10.1 Å². The number of carbonyl (C=O) groups is 1. The first-order chi connectivity index (χ1) is 14.3. The highest BCUT2D eigenvalue weighted by Crippen LogP contribution is 2.33. The highest BCUT2D eigenvalue weighted by molar-refractivity contribution is 7.99. The van der Waals surface area contributed by atoms with Gasteiger partial charge in [0.15, 0.2) is 5.16 Å². The van der Waals surface area contributed by atoms with Crippen LogP contribution in [0.2, 0.25) is 0 Å². The number of methoxy groups -OCH3 is 1. The Kier molecular flexibility index (Phi) is 7.33. The van der Waals surface area contributed by atoms with Crippen LogP contribution < -0.4 is 10.1 Å². The third-order valence-electron chi connectivity index (χ3n) is 4.00. The lowest BCUT2D eigenvalue weighted by Crippen LogP contribution is -2.27. The molecule has 0 spiro atoms. The number of hydrogen-bond donors (Lipinski definition) is 1. The molecule has 0 saturated heterocycles. The standard InChI is InChI=1S/C20H18F3N3O2S2/c1-28-14-6-4-13(5-7-14)8-9-24-18(27)12-30-19-25-15(16-3-2-10-29-16)11-17(26-19)20(21,22)23/h2-7,10-11H,8-9,12H2,1H3,(H,24,27). The van der Waals surface area contributed by atoms with Crippen molar-refractivity contribution in [3.05, 3.63) is 59.1 Å². The van der Waals surface area contributed by atoms with E-state index in [1.807, 2.05) is 24.3 Å². The molecule has 3 rings (SSSR count). The largest absolute Gasteiger partial charge is 0.497 e. The first kappa shape index (κ1) is 22.1. The summed E-state index contributed by atoms with van der Waals surface area (Å²) in [7, 11) is 1.59. The molecule has 1 aromatic carbocycles. The lowest BCUT2D eigenvalue weighted by Gasteiger charge is -2.10. The highest BCUT2D eigenvalue weighted by Gasteiger charge is 2.34. The molecule has 10 heteroatoms. The second-order valence-electron chi connectivity index (χ2n) is 6.13. The Morgan fingerprint density at radius 1 is 1.20 bits per heavy atom. The fourth-order valence-electron chi connectivity index (χ4n) is 2.51. The van der Waals surface area contributed by atoms with Crippen LogP contribution in [0.3, 0.4) is 0 Å². The molecule has 0 fully saturated rings. The Morgan fingerprint density at radius 2 is 1.97 bits per heavy atom. The van der Waals surface area contributed by atoms with E-state index in [1.165, 1.54) is 11.3 Å². The van der Waals surface area contributed by atoms with E-state index in [0.29, 0.717) is 17.8 Å². The summed E-state index contributed by atoms with van der Waals surface area (Å²) in [5.41, 5.74) is 0.198. The molecule has 3 aromatic rings. The van der Waals surface area contributed by atoms with Gasteiger partial charge in [0.1, 0.15) is 11.4 Å². The number of benzene rings is 1. The molecule has 158 valence electrons. The number of nitrogens with one attached hydrogen (secondary N) is 1. The van der Waals surface area contributed by atoms with Gasteiger partial charge in [-0.1, -0.05) is 30.0 Å². The molecule has 2 heterocycles. The average molecular weight is 454 g/mol. The average Bonchev–Trinajstić information content (AvgIpc) is 3.27. The Hall–Kier alpha value is -2.59. The molecule has 0 bridgehead atoms. The zero-order valence-electron chi connectivity index (χ0n) is 15.9. The number of carbonyl (C=O) groups excluding carboxylic acids is 1. The molecular weight excluding hydrogens is 435 g/mol. The van der Waals surface area contributed by atoms with Gasteiger partial charge in [0.25, 0.3) is 0 Å². The Balaban J connectivity index is 1.57. The van der Waals surface area contributed by atoms with E-state index in [2.05, 4.69) is 15.3 Å². The second kappa shape index (κ2) is 9.94. The zero-order chi connectivity index (χ0) is 21.6. The number of amides is 1. The molecule has 0 radical (unpaired) electrons. The number of ether oxygens (including phenoxy) is 1. The van der Waals surface area contributed by atoms with E-state index in [9.17, 15) is 18.0 Å². The zero-order valence-corrected chi connectivity index (χ0v) is 17.5. The predicted molar refractivity (Wildman–Crippen MR) is 111 cm³/mol. The van der Waals surface area contributed by atoms with Crippen molar-refractivity contribution >= 4 is 29.0 Å². The lowest BCUT2D eigenvalue weighted by atomic mass is 10.1. The summed E-state index contributed by atoms with van der Waals surface area (Å²) in [4.78, 5) is 20.4. The molecule has 5 nitrogen and oxygen atoms in total. The van der Waals surface area contributed by atoms with Gasteiger partial charge in [-0.25, -0.2) is 9.97 Å². The monoisotopic (exact) mass is 453 g/mol. The third kappa shape index (κ3) is 6.20. The summed E-state index contributed by atoms with van der Waals surface area (Å²) in [5.74, 6) is 0.378. The summed E-state index contributed by atoms with van der Waals surface area (Å²) < 4.78 is 44.6. The molecule has 30 heavy (non-hydrogen) atoms. The number of aromatic nitrogens is 2. The Morgan fingerprint density at radius 3 is 2.60 bits per heavy atom. The minimum absolute atomic E-state index is 0.0756. The van der Waals surface area contributed by atoms with Crippen molar-refractivity contribution in [1.29, 1.82) is 0 Å². The van der Waals surface area contributed by atoms with E-state index < -0.39 is 11.9 Å². The van der Waals surface area contributed by atoms with Gasteiger partial charge in [-0.05, 0) is 41.6 Å². The molecule has 1 amide bonds. The predicted octanol–water partition coefficient (Wildman–Crippen LogP) is 4.68. The van der Waals surface area contributed by atoms with E-state index in [0.717, 1.165) is 29.1 Å². The van der Waals surface area contributed by atoms with Crippen LogP contribution in [0.4, 0.5) is 13.2 Å². The van der Waals surface area contributed by atoms with Crippen LogP contribution in [0.1, 0.15) is 11.3 Å². The molecule has 0 aliphatic rings. The maximum absolute atomic E-state index is 13.2. The van der Waals surface area contributed by atoms with Gasteiger partial charge in [-0.3, -0.25) is 4.79 Å². The number of alkyl halides is 3. The van der Waals surface area contributed by atoms with Crippen molar-refractivity contribution in [3.8, 4) is 16.3 Å². The van der Waals surface area contributed by atoms with Gasteiger partial charge in [-0.15, -0.1) is 11.3 Å². The quantitative estimate of drug-likeness (QED) is 0.396. The van der Waals surface area contributed by atoms with E-state index in [4.69, 9.17) is 4.74 Å². The third-order valence-corrected chi connectivity index (χ3v) is 5.74. The van der Waals surface area contributed by atoms with Crippen LogP contribution in [-0.2, 0) is 17.4 Å². The topological polar surface area (TPSA) is 64.1 Å². The van der Waals surface area contributed by atoms with Gasteiger partial charge >= 0.3 is 6.18 Å². The number of nitrogens with zero attached hydrogens (tertiary/aromatic N) is 2. The summed E-state index contributed by atoms with van der Waals surface area (Å²) in [6.45, 7) is 0.412. The number of hydrogen-bond acceptors (Lipinski definition) is 6. The van der Waals surface area contributed by atoms with Gasteiger partial charge in [0.2, 0.25) is 5.91 Å². The van der Waals surface area contributed by atoms with Crippen LogP contribution in [0.25, 0.3) is 10.6 Å². The normalized spacial score (nSPS) is 11.3. The van der Waals surface area contributed by atoms with Crippen LogP contribution in [0, 0.1) is 0 Å². The van der Waals surface area contributed by atoms with Crippen LogP contribution in [-0.4, -0.2) is 35.3 Å². The maximum atomic E-state index is 13.2. The Labute approximate surface area is 179 Å². The minimum Gasteiger partial charge on any atom is -0.497 e. The molecule has 1 N–H and O–H groups in total. The van der Waals surface area contributed by atoms with Gasteiger partial charge in [0, 0.05) is 6.54 Å². The maximum Gasteiger partial charge on any atom is 0.433 e. The van der Waals surface area contributed by atoms with Crippen molar-refractivity contribution in [2.75, 3.05) is 19.4 Å². The first-order valence-electron chi connectivity index (χ1n) is 8.88.